The fraction of sp³-hybridized carbons (Fsp3) is 0. The maximum atomic E-state index is 6.61. The Morgan fingerprint density at radius 3 is 2.58 bits per heavy atom. The van der Waals surface area contributed by atoms with Crippen LogP contribution in [0.15, 0.2) is 98.2 Å². The Bertz CT molecular complexity index is 1980. The van der Waals surface area contributed by atoms with E-state index < -0.39 is 0 Å². The van der Waals surface area contributed by atoms with Gasteiger partial charge in [0.2, 0.25) is 0 Å². The lowest BCUT2D eigenvalue weighted by Crippen LogP contribution is -1.94. The summed E-state index contributed by atoms with van der Waals surface area (Å²) >= 11 is 1.38. The Labute approximate surface area is 217 Å². The van der Waals surface area contributed by atoms with Crippen molar-refractivity contribution in [2.75, 3.05) is 0 Å². The molecule has 0 bridgehead atoms. The normalized spacial score (nSPS) is 11.7. The highest BCUT2D eigenvalue weighted by molar-refractivity contribution is 7.03. The second kappa shape index (κ2) is 8.15. The van der Waals surface area contributed by atoms with Crippen molar-refractivity contribution in [2.45, 2.75) is 0 Å². The van der Waals surface area contributed by atoms with Crippen LogP contribution in [0.1, 0.15) is 0 Å². The van der Waals surface area contributed by atoms with E-state index >= 15 is 0 Å². The van der Waals surface area contributed by atoms with E-state index in [4.69, 9.17) is 17.7 Å². The third-order valence-electron chi connectivity index (χ3n) is 6.53. The van der Waals surface area contributed by atoms with E-state index in [-0.39, 0.29) is 0 Å². The van der Waals surface area contributed by atoms with E-state index in [9.17, 15) is 0 Å². The number of hydrogen-bond acceptors (Lipinski definition) is 8. The zero-order valence-electron chi connectivity index (χ0n) is 19.5. The summed E-state index contributed by atoms with van der Waals surface area (Å²) in [7, 11) is 0. The molecule has 0 unspecified atom stereocenters. The van der Waals surface area contributed by atoms with Crippen LogP contribution < -0.4 is 0 Å². The lowest BCUT2D eigenvalue weighted by Gasteiger charge is -2.13. The molecule has 38 heavy (non-hydrogen) atoms. The van der Waals surface area contributed by atoms with Crippen LogP contribution in [0.3, 0.4) is 0 Å². The van der Waals surface area contributed by atoms with Crippen LogP contribution >= 0.6 is 11.5 Å². The monoisotopic (exact) mass is 516 g/mol. The van der Waals surface area contributed by atoms with Gasteiger partial charge in [0, 0.05) is 62.9 Å². The summed E-state index contributed by atoms with van der Waals surface area (Å²) in [4.78, 5) is 7.85. The minimum absolute atomic E-state index is 0.551. The average molecular weight is 517 g/mol. The molecule has 2 aromatic carbocycles. The van der Waals surface area contributed by atoms with Gasteiger partial charge in [0.15, 0.2) is 17.3 Å². The molecular weight excluding hydrogens is 500 g/mol. The molecule has 0 saturated heterocycles. The molecule has 9 nitrogen and oxygen atoms in total. The number of nitrogens with zero attached hydrogens (tertiary/aromatic N) is 4. The topological polar surface area (TPSA) is 123 Å². The summed E-state index contributed by atoms with van der Waals surface area (Å²) in [5, 5.41) is 16.3. The Kier molecular flexibility index (Phi) is 4.49. The first-order valence-electron chi connectivity index (χ1n) is 11.8. The van der Waals surface area contributed by atoms with Gasteiger partial charge in [-0.1, -0.05) is 23.4 Å². The van der Waals surface area contributed by atoms with Gasteiger partial charge in [-0.3, -0.25) is 5.10 Å². The highest BCUT2D eigenvalue weighted by atomic mass is 32.1. The molecule has 0 atom stereocenters. The van der Waals surface area contributed by atoms with Crippen molar-refractivity contribution < 1.29 is 13.4 Å². The summed E-state index contributed by atoms with van der Waals surface area (Å²) in [6.45, 7) is 0. The number of fused-ring (bicyclic) bond motifs is 2. The molecule has 0 aliphatic rings. The lowest BCUT2D eigenvalue weighted by molar-refractivity contribution is 0.419. The Balaban J connectivity index is 1.57. The van der Waals surface area contributed by atoms with Gasteiger partial charge in [0.25, 0.3) is 0 Å². The number of nitrogens with one attached hydrogen (secondary N) is 2. The molecule has 0 aliphatic carbocycles. The van der Waals surface area contributed by atoms with Gasteiger partial charge in [0.05, 0.1) is 11.4 Å². The Morgan fingerprint density at radius 2 is 1.82 bits per heavy atom. The fourth-order valence-electron chi connectivity index (χ4n) is 4.96. The number of benzene rings is 2. The van der Waals surface area contributed by atoms with E-state index in [0.29, 0.717) is 28.8 Å². The SMILES string of the molecule is c1ccc2oc(-c3oc(-c4ccon4)c4c(-c5ccsn5)c(-c5cc[nH]n5)c(-c5ncc[nH]5)cc34)cc2c1. The highest BCUT2D eigenvalue weighted by Gasteiger charge is 2.30. The quantitative estimate of drug-likeness (QED) is 0.244. The number of rotatable bonds is 5. The van der Waals surface area contributed by atoms with Crippen LogP contribution in [0.4, 0.5) is 0 Å². The minimum Gasteiger partial charge on any atom is -0.453 e. The Morgan fingerprint density at radius 1 is 0.842 bits per heavy atom. The van der Waals surface area contributed by atoms with Gasteiger partial charge in [-0.25, -0.2) is 4.98 Å². The third kappa shape index (κ3) is 3.10. The van der Waals surface area contributed by atoms with Gasteiger partial charge >= 0.3 is 0 Å². The zero-order chi connectivity index (χ0) is 25.1. The number of aromatic nitrogens is 6. The summed E-state index contributed by atoms with van der Waals surface area (Å²) in [5.41, 5.74) is 5.43. The predicted molar refractivity (Wildman–Crippen MR) is 143 cm³/mol. The molecule has 0 aliphatic heterocycles. The van der Waals surface area contributed by atoms with Crippen molar-refractivity contribution in [3.8, 4) is 56.9 Å². The van der Waals surface area contributed by atoms with E-state index in [2.05, 4.69) is 31.4 Å². The van der Waals surface area contributed by atoms with Crippen LogP contribution in [-0.4, -0.2) is 29.7 Å². The van der Waals surface area contributed by atoms with Gasteiger partial charge in [0.1, 0.15) is 23.4 Å². The van der Waals surface area contributed by atoms with Crippen LogP contribution in [0.5, 0.6) is 0 Å². The number of furan rings is 2. The Hall–Kier alpha value is -5.22. The van der Waals surface area contributed by atoms with Gasteiger partial charge in [-0.05, 0) is 41.9 Å². The maximum absolute atomic E-state index is 6.61. The number of hydrogen-bond donors (Lipinski definition) is 2. The summed E-state index contributed by atoms with van der Waals surface area (Å²) < 4.78 is 22.8. The largest absolute Gasteiger partial charge is 0.453 e. The van der Waals surface area contributed by atoms with Crippen LogP contribution in [-0.2, 0) is 0 Å². The van der Waals surface area contributed by atoms with Crippen molar-refractivity contribution >= 4 is 33.3 Å². The fourth-order valence-corrected chi connectivity index (χ4v) is 5.47. The second-order valence-corrected chi connectivity index (χ2v) is 9.34. The molecule has 6 aromatic heterocycles. The van der Waals surface area contributed by atoms with E-state index in [1.165, 1.54) is 17.8 Å². The van der Waals surface area contributed by atoms with Crippen molar-refractivity contribution in [2.24, 2.45) is 0 Å². The number of imidazole rings is 1. The molecule has 8 rings (SSSR count). The smallest absolute Gasteiger partial charge is 0.178 e. The third-order valence-corrected chi connectivity index (χ3v) is 7.09. The van der Waals surface area contributed by atoms with Crippen molar-refractivity contribution in [3.05, 3.63) is 84.8 Å². The molecular formula is C28H16N6O3S. The van der Waals surface area contributed by atoms with Crippen LogP contribution in [0.2, 0.25) is 0 Å². The second-order valence-electron chi connectivity index (χ2n) is 8.67. The molecule has 0 fully saturated rings. The summed E-state index contributed by atoms with van der Waals surface area (Å²) in [5.74, 6) is 2.43. The van der Waals surface area contributed by atoms with E-state index in [1.807, 2.05) is 47.8 Å². The number of aromatic amines is 2. The van der Waals surface area contributed by atoms with Crippen LogP contribution in [0, 0.1) is 0 Å². The molecule has 2 N–H and O–H groups in total. The molecule has 182 valence electrons. The molecule has 8 aromatic rings. The van der Waals surface area contributed by atoms with Crippen molar-refractivity contribution in [1.82, 2.24) is 29.7 Å². The van der Waals surface area contributed by atoms with E-state index in [0.717, 1.165) is 49.8 Å². The predicted octanol–water partition coefficient (Wildman–Crippen LogP) is 7.40. The van der Waals surface area contributed by atoms with Gasteiger partial charge < -0.3 is 18.3 Å². The van der Waals surface area contributed by atoms with Crippen LogP contribution in [0.25, 0.3) is 78.6 Å². The molecule has 10 heteroatoms. The minimum atomic E-state index is 0.551. The molecule has 6 heterocycles. The lowest BCUT2D eigenvalue weighted by atomic mass is 9.89. The molecule has 0 spiro atoms. The van der Waals surface area contributed by atoms with E-state index in [1.54, 1.807) is 24.7 Å². The zero-order valence-corrected chi connectivity index (χ0v) is 20.3. The van der Waals surface area contributed by atoms with Crippen molar-refractivity contribution in [1.29, 1.82) is 0 Å². The summed E-state index contributed by atoms with van der Waals surface area (Å²) in [6, 6.07) is 17.6. The number of para-hydroxylation sites is 1. The first kappa shape index (κ1) is 20.9. The highest BCUT2D eigenvalue weighted by Crippen LogP contribution is 2.50. The average Bonchev–Trinajstić information content (AvgIpc) is 3.79. The maximum Gasteiger partial charge on any atom is 0.178 e. The molecule has 0 saturated carbocycles. The molecule has 0 radical (unpaired) electrons. The molecule has 0 amide bonds. The number of H-pyrrole nitrogens is 2. The standard InChI is InChI=1S/C28H16N6O3S/c1-2-4-21-15(3-1)13-22(36-21)26-16-14-17(28-29-9-10-30-28)23(18-5-8-31-32-18)25(19-7-12-38-34-19)24(16)27(37-26)20-6-11-35-33-20/h1-14H,(H,29,30)(H,31,32). The van der Waals surface area contributed by atoms with Gasteiger partial charge in [-0.2, -0.15) is 9.47 Å². The van der Waals surface area contributed by atoms with Crippen molar-refractivity contribution in [3.63, 3.8) is 0 Å². The van der Waals surface area contributed by atoms with Gasteiger partial charge in [-0.15, -0.1) is 0 Å². The summed E-state index contributed by atoms with van der Waals surface area (Å²) in [6.07, 6.45) is 6.85. The first-order chi connectivity index (χ1) is 18.8. The first-order valence-corrected chi connectivity index (χ1v) is 12.6.